The lowest BCUT2D eigenvalue weighted by molar-refractivity contribution is 0.0472. The average molecular weight is 379 g/mol. The third-order valence-electron chi connectivity index (χ3n) is 4.70. The van der Waals surface area contributed by atoms with Crippen molar-refractivity contribution in [2.45, 2.75) is 40.0 Å². The Morgan fingerprint density at radius 2 is 1.64 bits per heavy atom. The molecule has 2 heteroatoms. The minimum absolute atomic E-state index is 0.684. The Labute approximate surface area is 170 Å². The second-order valence-corrected chi connectivity index (χ2v) is 7.24. The van der Waals surface area contributed by atoms with Gasteiger partial charge < -0.3 is 9.47 Å². The van der Waals surface area contributed by atoms with Gasteiger partial charge in [0.1, 0.15) is 0 Å². The molecule has 0 bridgehead atoms. The van der Waals surface area contributed by atoms with Crippen LogP contribution in [0.4, 0.5) is 0 Å². The van der Waals surface area contributed by atoms with Crippen molar-refractivity contribution in [1.82, 2.24) is 0 Å². The zero-order valence-electron chi connectivity index (χ0n) is 17.7. The smallest absolute Gasteiger partial charge is 0.0700 e. The van der Waals surface area contributed by atoms with Crippen molar-refractivity contribution in [3.8, 4) is 0 Å². The number of benzene rings is 2. The summed E-state index contributed by atoms with van der Waals surface area (Å²) in [6.07, 6.45) is 7.38. The van der Waals surface area contributed by atoms with E-state index >= 15 is 0 Å². The highest BCUT2D eigenvalue weighted by Gasteiger charge is 2.00. The topological polar surface area (TPSA) is 18.5 Å². The number of hydrogen-bond acceptors (Lipinski definition) is 2. The highest BCUT2D eigenvalue weighted by atomic mass is 16.5. The van der Waals surface area contributed by atoms with E-state index in [2.05, 4.69) is 82.0 Å². The molecule has 0 heterocycles. The maximum Gasteiger partial charge on any atom is 0.0700 e. The van der Waals surface area contributed by atoms with Gasteiger partial charge in [-0.2, -0.15) is 0 Å². The first-order valence-electron chi connectivity index (χ1n) is 10.3. The van der Waals surface area contributed by atoms with Gasteiger partial charge >= 0.3 is 0 Å². The van der Waals surface area contributed by atoms with Crippen molar-refractivity contribution >= 4 is 11.6 Å². The van der Waals surface area contributed by atoms with Gasteiger partial charge in [0.2, 0.25) is 0 Å². The molecule has 0 radical (unpaired) electrons. The van der Waals surface area contributed by atoms with Crippen LogP contribution < -0.4 is 0 Å². The van der Waals surface area contributed by atoms with Crippen LogP contribution in [0.15, 0.2) is 55.1 Å². The van der Waals surface area contributed by atoms with E-state index in [1.54, 1.807) is 0 Å². The van der Waals surface area contributed by atoms with E-state index in [0.29, 0.717) is 13.2 Å². The predicted molar refractivity (Wildman–Crippen MR) is 121 cm³/mol. The van der Waals surface area contributed by atoms with Gasteiger partial charge in [-0.05, 0) is 60.9 Å². The molecule has 0 atom stereocenters. The molecule has 2 rings (SSSR count). The molecule has 0 aliphatic rings. The van der Waals surface area contributed by atoms with E-state index in [4.69, 9.17) is 9.47 Å². The van der Waals surface area contributed by atoms with E-state index in [-0.39, 0.29) is 0 Å². The molecular formula is C26H34O2. The van der Waals surface area contributed by atoms with Gasteiger partial charge in [-0.25, -0.2) is 0 Å². The van der Waals surface area contributed by atoms with Crippen molar-refractivity contribution in [3.63, 3.8) is 0 Å². The Morgan fingerprint density at radius 1 is 0.929 bits per heavy atom. The molecule has 2 aromatic carbocycles. The quantitative estimate of drug-likeness (QED) is 0.314. The largest absolute Gasteiger partial charge is 0.379 e. The lowest BCUT2D eigenvalue weighted by Gasteiger charge is -2.08. The number of allylic oxidation sites excluding steroid dienone is 2. The molecule has 0 N–H and O–H groups in total. The molecule has 0 amide bonds. The van der Waals surface area contributed by atoms with Crippen LogP contribution in [0.2, 0.25) is 0 Å². The van der Waals surface area contributed by atoms with Crippen molar-refractivity contribution < 1.29 is 9.47 Å². The molecule has 0 saturated heterocycles. The molecule has 0 spiro atoms. The van der Waals surface area contributed by atoms with Crippen molar-refractivity contribution in [3.05, 3.63) is 82.9 Å². The third kappa shape index (κ3) is 7.84. The van der Waals surface area contributed by atoms with Crippen molar-refractivity contribution in [1.29, 1.82) is 0 Å². The van der Waals surface area contributed by atoms with Gasteiger partial charge in [0.25, 0.3) is 0 Å². The zero-order chi connectivity index (χ0) is 20.2. The van der Waals surface area contributed by atoms with Crippen LogP contribution in [0, 0.1) is 13.8 Å². The van der Waals surface area contributed by atoms with Crippen LogP contribution in [0.1, 0.15) is 47.6 Å². The summed E-state index contributed by atoms with van der Waals surface area (Å²) in [5.41, 5.74) is 7.33. The summed E-state index contributed by atoms with van der Waals surface area (Å²) in [5.74, 6) is 0. The van der Waals surface area contributed by atoms with Gasteiger partial charge in [-0.3, -0.25) is 0 Å². The molecule has 2 nitrogen and oxygen atoms in total. The number of aryl methyl sites for hydroxylation is 3. The minimum Gasteiger partial charge on any atom is -0.379 e. The Kier molecular flexibility index (Phi) is 9.74. The minimum atomic E-state index is 0.684. The Hall–Kier alpha value is -2.16. The molecule has 28 heavy (non-hydrogen) atoms. The van der Waals surface area contributed by atoms with Crippen molar-refractivity contribution in [2.24, 2.45) is 0 Å². The van der Waals surface area contributed by atoms with E-state index in [0.717, 1.165) is 43.6 Å². The van der Waals surface area contributed by atoms with Gasteiger partial charge in [0.05, 0.1) is 13.2 Å². The summed E-state index contributed by atoms with van der Waals surface area (Å²) >= 11 is 0. The molecule has 0 saturated carbocycles. The fourth-order valence-corrected chi connectivity index (χ4v) is 2.92. The van der Waals surface area contributed by atoms with Crippen molar-refractivity contribution in [2.75, 3.05) is 26.4 Å². The van der Waals surface area contributed by atoms with Crippen LogP contribution in [0.3, 0.4) is 0 Å². The fourth-order valence-electron chi connectivity index (χ4n) is 2.92. The standard InChI is InChI=1S/C26H34O2/c1-5-16-27-18-19-28-17-6-7-24-12-10-23(4)26(20-24)15-11-22(3)25-13-8-21(2)9-14-25/h8-15,20H,3,5-7,16-19H2,1-2,4H3/b15-11-. The third-order valence-corrected chi connectivity index (χ3v) is 4.70. The monoisotopic (exact) mass is 378 g/mol. The maximum atomic E-state index is 5.64. The van der Waals surface area contributed by atoms with E-state index in [1.165, 1.54) is 22.3 Å². The summed E-state index contributed by atoms with van der Waals surface area (Å²) in [6.45, 7) is 13.5. The lowest BCUT2D eigenvalue weighted by Crippen LogP contribution is -2.06. The van der Waals surface area contributed by atoms with Gasteiger partial charge in [-0.1, -0.05) is 73.7 Å². The Bertz CT molecular complexity index is 757. The van der Waals surface area contributed by atoms with Crippen LogP contribution in [-0.4, -0.2) is 26.4 Å². The van der Waals surface area contributed by atoms with E-state index in [1.807, 2.05) is 0 Å². The highest BCUT2D eigenvalue weighted by molar-refractivity contribution is 5.77. The first-order chi connectivity index (χ1) is 13.6. The summed E-state index contributed by atoms with van der Waals surface area (Å²) in [4.78, 5) is 0. The SMILES string of the molecule is C=C(/C=C\c1cc(CCCOCCOCCC)ccc1C)c1ccc(C)cc1. The first kappa shape index (κ1) is 22.1. The van der Waals surface area contributed by atoms with Gasteiger partial charge in [-0.15, -0.1) is 0 Å². The number of rotatable bonds is 12. The molecule has 0 aromatic heterocycles. The summed E-state index contributed by atoms with van der Waals surface area (Å²) < 4.78 is 11.1. The first-order valence-corrected chi connectivity index (χ1v) is 10.3. The molecule has 150 valence electrons. The van der Waals surface area contributed by atoms with Gasteiger partial charge in [0.15, 0.2) is 0 Å². The average Bonchev–Trinajstić information content (AvgIpc) is 2.70. The highest BCUT2D eigenvalue weighted by Crippen LogP contribution is 2.19. The molecule has 0 aliphatic carbocycles. The van der Waals surface area contributed by atoms with Crippen LogP contribution >= 0.6 is 0 Å². The summed E-state index contributed by atoms with van der Waals surface area (Å²) in [6, 6.07) is 15.2. The predicted octanol–water partition coefficient (Wildman–Crippen LogP) is 6.41. The van der Waals surface area contributed by atoms with E-state index < -0.39 is 0 Å². The van der Waals surface area contributed by atoms with Crippen LogP contribution in [-0.2, 0) is 15.9 Å². The molecular weight excluding hydrogens is 344 g/mol. The number of ether oxygens (including phenoxy) is 2. The fraction of sp³-hybridized carbons (Fsp3) is 0.385. The molecule has 0 aliphatic heterocycles. The molecule has 2 aromatic rings. The maximum absolute atomic E-state index is 5.64. The summed E-state index contributed by atoms with van der Waals surface area (Å²) in [5, 5.41) is 0. The normalized spacial score (nSPS) is 11.2. The van der Waals surface area contributed by atoms with Gasteiger partial charge in [0, 0.05) is 13.2 Å². The molecule has 0 fully saturated rings. The Morgan fingerprint density at radius 3 is 2.36 bits per heavy atom. The lowest BCUT2D eigenvalue weighted by atomic mass is 10.00. The van der Waals surface area contributed by atoms with Crippen LogP contribution in [0.5, 0.6) is 0 Å². The number of hydrogen-bond donors (Lipinski definition) is 0. The van der Waals surface area contributed by atoms with Crippen LogP contribution in [0.25, 0.3) is 11.6 Å². The molecule has 0 unspecified atom stereocenters. The summed E-state index contributed by atoms with van der Waals surface area (Å²) in [7, 11) is 0. The second kappa shape index (κ2) is 12.3. The zero-order valence-corrected chi connectivity index (χ0v) is 17.7. The Balaban J connectivity index is 1.83. The second-order valence-electron chi connectivity index (χ2n) is 7.24. The van der Waals surface area contributed by atoms with E-state index in [9.17, 15) is 0 Å².